The molecule has 0 spiro atoms. The van der Waals surface area contributed by atoms with E-state index in [1.165, 1.54) is 18.2 Å². The minimum Gasteiger partial charge on any atom is -0.464 e. The smallest absolute Gasteiger partial charge is 0.270 e. The predicted molar refractivity (Wildman–Crippen MR) is 116 cm³/mol. The van der Waals surface area contributed by atoms with Gasteiger partial charge in [-0.15, -0.1) is 0 Å². The summed E-state index contributed by atoms with van der Waals surface area (Å²) in [5.74, 6) is 2.11. The van der Waals surface area contributed by atoms with Gasteiger partial charge in [-0.2, -0.15) is 5.10 Å². The van der Waals surface area contributed by atoms with Crippen LogP contribution in [0.2, 0.25) is 5.02 Å². The van der Waals surface area contributed by atoms with Crippen molar-refractivity contribution >= 4 is 23.0 Å². The van der Waals surface area contributed by atoms with E-state index >= 15 is 0 Å². The van der Waals surface area contributed by atoms with E-state index in [2.05, 4.69) is 0 Å². The van der Waals surface area contributed by atoms with Crippen molar-refractivity contribution in [1.82, 2.24) is 5.01 Å². The molecule has 0 aliphatic carbocycles. The highest BCUT2D eigenvalue weighted by Gasteiger charge is 2.42. The maximum Gasteiger partial charge on any atom is 0.270 e. The summed E-state index contributed by atoms with van der Waals surface area (Å²) in [5, 5.41) is 18.5. The van der Waals surface area contributed by atoms with E-state index in [-0.39, 0.29) is 18.5 Å². The molecule has 8 nitrogen and oxygen atoms in total. The molecule has 3 aromatic rings. The van der Waals surface area contributed by atoms with Gasteiger partial charge in [-0.3, -0.25) is 10.1 Å². The zero-order valence-electron chi connectivity index (χ0n) is 16.6. The van der Waals surface area contributed by atoms with Gasteiger partial charge >= 0.3 is 0 Å². The number of ether oxygens (including phenoxy) is 3. The summed E-state index contributed by atoms with van der Waals surface area (Å²) >= 11 is 6.46. The molecular formula is C23H16ClN3O5. The van der Waals surface area contributed by atoms with Crippen molar-refractivity contribution in [3.05, 3.63) is 92.5 Å². The summed E-state index contributed by atoms with van der Waals surface area (Å²) in [6.07, 6.45) is -0.0582. The Balaban J connectivity index is 1.45. The van der Waals surface area contributed by atoms with Gasteiger partial charge in [0.2, 0.25) is 13.0 Å². The minimum atomic E-state index is -0.700. The molecule has 0 radical (unpaired) electrons. The van der Waals surface area contributed by atoms with E-state index in [1.807, 2.05) is 47.5 Å². The molecule has 0 aromatic heterocycles. The first-order valence-electron chi connectivity index (χ1n) is 10.0. The molecule has 3 aliphatic rings. The number of benzene rings is 3. The van der Waals surface area contributed by atoms with Gasteiger partial charge in [-0.25, -0.2) is 5.01 Å². The van der Waals surface area contributed by atoms with Gasteiger partial charge < -0.3 is 14.2 Å². The average molecular weight is 450 g/mol. The maximum atomic E-state index is 11.4. The molecule has 2 atom stereocenters. The molecule has 32 heavy (non-hydrogen) atoms. The van der Waals surface area contributed by atoms with Crippen molar-refractivity contribution in [2.24, 2.45) is 5.10 Å². The second-order valence-electron chi connectivity index (χ2n) is 7.69. The predicted octanol–water partition coefficient (Wildman–Crippen LogP) is 5.22. The van der Waals surface area contributed by atoms with Gasteiger partial charge in [0.05, 0.1) is 16.7 Å². The fourth-order valence-electron chi connectivity index (χ4n) is 4.32. The number of fused-ring (bicyclic) bond motifs is 4. The second-order valence-corrected chi connectivity index (χ2v) is 8.09. The van der Waals surface area contributed by atoms with E-state index in [1.54, 1.807) is 0 Å². The lowest BCUT2D eigenvalue weighted by molar-refractivity contribution is -0.385. The fourth-order valence-corrected chi connectivity index (χ4v) is 4.53. The number of hydrogen-bond acceptors (Lipinski definition) is 7. The summed E-state index contributed by atoms with van der Waals surface area (Å²) in [6, 6.07) is 17.8. The topological polar surface area (TPSA) is 86.4 Å². The van der Waals surface area contributed by atoms with Crippen LogP contribution in [0.1, 0.15) is 35.4 Å². The molecule has 0 N–H and O–H groups in total. The summed E-state index contributed by atoms with van der Waals surface area (Å²) in [7, 11) is 0. The molecule has 0 saturated carbocycles. The first kappa shape index (κ1) is 18.9. The molecule has 3 aliphatic heterocycles. The Hall–Kier alpha value is -3.78. The highest BCUT2D eigenvalue weighted by molar-refractivity contribution is 6.31. The molecule has 0 saturated heterocycles. The van der Waals surface area contributed by atoms with Crippen LogP contribution in [0.3, 0.4) is 0 Å². The summed E-state index contributed by atoms with van der Waals surface area (Å²) in [6.45, 7) is 0.203. The minimum absolute atomic E-state index is 0.0532. The monoisotopic (exact) mass is 449 g/mol. The Bertz CT molecular complexity index is 1290. The maximum absolute atomic E-state index is 11.4. The Morgan fingerprint density at radius 1 is 1.00 bits per heavy atom. The van der Waals surface area contributed by atoms with Crippen molar-refractivity contribution in [1.29, 1.82) is 0 Å². The summed E-state index contributed by atoms with van der Waals surface area (Å²) in [4.78, 5) is 10.9. The molecular weight excluding hydrogens is 434 g/mol. The number of hydrazone groups is 1. The van der Waals surface area contributed by atoms with E-state index in [9.17, 15) is 10.1 Å². The number of halogens is 1. The van der Waals surface area contributed by atoms with Gasteiger partial charge in [0.1, 0.15) is 5.75 Å². The standard InChI is InChI=1S/C23H16ClN3O5/c24-17-7-6-14(27(28)29)10-16(17)23-26-19(15-3-1-2-4-20(15)32-23)11-18(25-26)13-5-8-21-22(9-13)31-12-30-21/h1-10,19,23H,11-12H2/t19-,23-/m1/s1. The SMILES string of the molecule is O=[N+]([O-])c1ccc(Cl)c([C@H]2Oc3ccccc3[C@H]3CC(c4ccc5c(c4)OCO5)=NN32)c1. The Morgan fingerprint density at radius 3 is 2.72 bits per heavy atom. The van der Waals surface area contributed by atoms with Crippen LogP contribution in [0.5, 0.6) is 17.2 Å². The van der Waals surface area contributed by atoms with Crippen molar-refractivity contribution in [3.8, 4) is 17.2 Å². The summed E-state index contributed by atoms with van der Waals surface area (Å²) < 4.78 is 17.2. The van der Waals surface area contributed by atoms with Crippen molar-refractivity contribution < 1.29 is 19.1 Å². The number of nitrogens with zero attached hydrogens (tertiary/aromatic N) is 3. The van der Waals surface area contributed by atoms with Crippen LogP contribution in [0.4, 0.5) is 5.69 Å². The first-order chi connectivity index (χ1) is 15.6. The van der Waals surface area contributed by atoms with Crippen LogP contribution in [0.25, 0.3) is 0 Å². The van der Waals surface area contributed by atoms with Crippen molar-refractivity contribution in [2.45, 2.75) is 18.7 Å². The van der Waals surface area contributed by atoms with Gasteiger partial charge in [0.25, 0.3) is 5.69 Å². The number of hydrogen-bond donors (Lipinski definition) is 0. The van der Waals surface area contributed by atoms with Crippen LogP contribution in [-0.4, -0.2) is 22.4 Å². The van der Waals surface area contributed by atoms with E-state index in [0.717, 1.165) is 16.8 Å². The lowest BCUT2D eigenvalue weighted by Crippen LogP contribution is -2.33. The molecule has 9 heteroatoms. The van der Waals surface area contributed by atoms with Gasteiger partial charge in [-0.1, -0.05) is 29.8 Å². The second kappa shape index (κ2) is 7.13. The van der Waals surface area contributed by atoms with Gasteiger partial charge in [-0.05, 0) is 30.3 Å². The van der Waals surface area contributed by atoms with E-state index in [4.69, 9.17) is 30.9 Å². The molecule has 6 rings (SSSR count). The van der Waals surface area contributed by atoms with E-state index < -0.39 is 11.2 Å². The van der Waals surface area contributed by atoms with Crippen LogP contribution < -0.4 is 14.2 Å². The molecule has 0 unspecified atom stereocenters. The lowest BCUT2D eigenvalue weighted by atomic mass is 9.95. The van der Waals surface area contributed by atoms with Crippen LogP contribution in [-0.2, 0) is 0 Å². The fraction of sp³-hybridized carbons (Fsp3) is 0.174. The third-order valence-corrected chi connectivity index (χ3v) is 6.21. The third kappa shape index (κ3) is 2.95. The molecule has 0 amide bonds. The quantitative estimate of drug-likeness (QED) is 0.402. The van der Waals surface area contributed by atoms with Gasteiger partial charge in [0, 0.05) is 40.3 Å². The normalized spacial score (nSPS) is 20.3. The van der Waals surface area contributed by atoms with Crippen molar-refractivity contribution in [3.63, 3.8) is 0 Å². The number of non-ortho nitro benzene ring substituents is 1. The highest BCUT2D eigenvalue weighted by Crippen LogP contribution is 2.49. The number of rotatable bonds is 3. The van der Waals surface area contributed by atoms with Crippen LogP contribution >= 0.6 is 11.6 Å². The van der Waals surface area contributed by atoms with Crippen LogP contribution in [0.15, 0.2) is 65.8 Å². The van der Waals surface area contributed by atoms with E-state index in [0.29, 0.717) is 34.3 Å². The number of nitro benzene ring substituents is 1. The molecule has 3 heterocycles. The molecule has 0 bridgehead atoms. The molecule has 160 valence electrons. The summed E-state index contributed by atoms with van der Waals surface area (Å²) in [5.41, 5.74) is 3.23. The first-order valence-corrected chi connectivity index (χ1v) is 10.4. The van der Waals surface area contributed by atoms with Gasteiger partial charge in [0.15, 0.2) is 11.5 Å². The lowest BCUT2D eigenvalue weighted by Gasteiger charge is -2.38. The number of para-hydroxylation sites is 1. The molecule has 0 fully saturated rings. The Kier molecular flexibility index (Phi) is 4.22. The average Bonchev–Trinajstić information content (AvgIpc) is 3.45. The zero-order valence-corrected chi connectivity index (χ0v) is 17.4. The van der Waals surface area contributed by atoms with Crippen molar-refractivity contribution in [2.75, 3.05) is 6.79 Å². The zero-order chi connectivity index (χ0) is 21.8. The largest absolute Gasteiger partial charge is 0.464 e. The third-order valence-electron chi connectivity index (χ3n) is 5.86. The van der Waals surface area contributed by atoms with Crippen LogP contribution in [0, 0.1) is 10.1 Å². The number of nitro groups is 1. The highest BCUT2D eigenvalue weighted by atomic mass is 35.5. The Labute approximate surface area is 187 Å². The Morgan fingerprint density at radius 2 is 1.84 bits per heavy atom. The molecule has 3 aromatic carbocycles.